The number of anilines is 3. The van der Waals surface area contributed by atoms with Gasteiger partial charge in [0.25, 0.3) is 5.91 Å². The molecule has 1 amide bonds. The second-order valence-corrected chi connectivity index (χ2v) is 10.1. The highest BCUT2D eigenvalue weighted by atomic mass is 19.1. The van der Waals surface area contributed by atoms with Gasteiger partial charge in [-0.05, 0) is 43.9 Å². The van der Waals surface area contributed by atoms with Crippen molar-refractivity contribution in [2.45, 2.75) is 19.2 Å². The summed E-state index contributed by atoms with van der Waals surface area (Å²) in [5.41, 5.74) is 5.99. The van der Waals surface area contributed by atoms with Gasteiger partial charge in [-0.3, -0.25) is 9.20 Å². The van der Waals surface area contributed by atoms with E-state index in [4.69, 9.17) is 9.72 Å². The molecule has 0 aliphatic carbocycles. The number of rotatable bonds is 6. The molecule has 5 heterocycles. The maximum absolute atomic E-state index is 13.7. The smallest absolute Gasteiger partial charge is 0.254 e. The summed E-state index contributed by atoms with van der Waals surface area (Å²) >= 11 is 0. The van der Waals surface area contributed by atoms with Gasteiger partial charge in [0.15, 0.2) is 0 Å². The van der Waals surface area contributed by atoms with Crippen LogP contribution in [0.1, 0.15) is 21.6 Å². The number of β-amino-alcohol motifs (C(OH)–C–C–N with tert-alkyl or cyclic N) is 1. The number of ether oxygens (including phenoxy) is 1. The van der Waals surface area contributed by atoms with E-state index in [0.717, 1.165) is 28.2 Å². The van der Waals surface area contributed by atoms with E-state index >= 15 is 0 Å². The molecule has 2 aliphatic heterocycles. The molecule has 2 aliphatic rings. The van der Waals surface area contributed by atoms with Crippen LogP contribution in [-0.4, -0.2) is 76.8 Å². The van der Waals surface area contributed by atoms with E-state index in [1.807, 2.05) is 47.7 Å². The number of imidazole rings is 1. The maximum Gasteiger partial charge on any atom is 0.254 e. The molecule has 6 rings (SSSR count). The van der Waals surface area contributed by atoms with Crippen LogP contribution in [0.4, 0.5) is 21.6 Å². The van der Waals surface area contributed by atoms with Gasteiger partial charge >= 0.3 is 0 Å². The van der Waals surface area contributed by atoms with E-state index in [1.54, 1.807) is 12.4 Å². The minimum absolute atomic E-state index is 0.169. The quantitative estimate of drug-likeness (QED) is 0.349. The minimum Gasteiger partial charge on any atom is -0.389 e. The van der Waals surface area contributed by atoms with E-state index in [9.17, 15) is 14.3 Å². The highest BCUT2D eigenvalue weighted by molar-refractivity contribution is 6.06. The molecule has 3 N–H and O–H groups in total. The third-order valence-electron chi connectivity index (χ3n) is 6.98. The first-order valence-corrected chi connectivity index (χ1v) is 12.9. The highest BCUT2D eigenvalue weighted by Crippen LogP contribution is 2.36. The molecule has 0 saturated carbocycles. The summed E-state index contributed by atoms with van der Waals surface area (Å²) in [7, 11) is 3.97. The van der Waals surface area contributed by atoms with Crippen LogP contribution in [0, 0.1) is 5.82 Å². The van der Waals surface area contributed by atoms with Crippen molar-refractivity contribution in [3.05, 3.63) is 71.4 Å². The third-order valence-corrected chi connectivity index (χ3v) is 6.98. The molecule has 3 aromatic heterocycles. The molecule has 1 atom stereocenters. The molecule has 0 unspecified atom stereocenters. The Hall–Kier alpha value is -4.06. The van der Waals surface area contributed by atoms with Gasteiger partial charge < -0.3 is 30.3 Å². The largest absolute Gasteiger partial charge is 0.389 e. The molecular weight excluding hydrogens is 501 g/mol. The number of hydrogen-bond donors (Lipinski definition) is 3. The number of halogens is 1. The molecule has 1 aromatic carbocycles. The Morgan fingerprint density at radius 2 is 2.13 bits per heavy atom. The Labute approximate surface area is 225 Å². The fraction of sp³-hybridized carbons (Fsp3) is 0.321. The molecule has 0 radical (unpaired) electrons. The number of carbonyl (C=O) groups is 1. The van der Waals surface area contributed by atoms with Crippen molar-refractivity contribution in [3.8, 4) is 11.3 Å². The monoisotopic (exact) mass is 531 g/mol. The van der Waals surface area contributed by atoms with E-state index in [-0.39, 0.29) is 11.7 Å². The zero-order valence-corrected chi connectivity index (χ0v) is 21.8. The van der Waals surface area contributed by atoms with Crippen LogP contribution in [-0.2, 0) is 17.8 Å². The van der Waals surface area contributed by atoms with Gasteiger partial charge in [-0.25, -0.2) is 14.4 Å². The van der Waals surface area contributed by atoms with E-state index in [0.29, 0.717) is 62.1 Å². The van der Waals surface area contributed by atoms with Gasteiger partial charge in [0, 0.05) is 44.0 Å². The minimum atomic E-state index is -0.566. The predicted octanol–water partition coefficient (Wildman–Crippen LogP) is 2.78. The SMILES string of the molecule is CN(C)Cc1nc(Nc2ccc(-c3cnc4cc(F)ccn34)c3c2C(=O)NC3)ccc1N1CCOC[C@H](O)C1. The fourth-order valence-corrected chi connectivity index (χ4v) is 5.26. The van der Waals surface area contributed by atoms with E-state index in [1.165, 1.54) is 12.1 Å². The Bertz CT molecular complexity index is 1550. The molecule has 10 nitrogen and oxygen atoms in total. The van der Waals surface area contributed by atoms with Gasteiger partial charge in [-0.2, -0.15) is 0 Å². The number of amides is 1. The van der Waals surface area contributed by atoms with Gasteiger partial charge in [-0.15, -0.1) is 0 Å². The highest BCUT2D eigenvalue weighted by Gasteiger charge is 2.28. The Morgan fingerprint density at radius 1 is 1.26 bits per heavy atom. The van der Waals surface area contributed by atoms with Crippen molar-refractivity contribution in [1.82, 2.24) is 24.6 Å². The number of fused-ring (bicyclic) bond motifs is 2. The predicted molar refractivity (Wildman–Crippen MR) is 146 cm³/mol. The molecule has 1 fully saturated rings. The molecule has 11 heteroatoms. The lowest BCUT2D eigenvalue weighted by atomic mass is 9.99. The van der Waals surface area contributed by atoms with Crippen molar-refractivity contribution in [2.24, 2.45) is 0 Å². The Balaban J connectivity index is 1.36. The first-order chi connectivity index (χ1) is 18.9. The van der Waals surface area contributed by atoms with Crippen molar-refractivity contribution in [3.63, 3.8) is 0 Å². The molecule has 202 valence electrons. The summed E-state index contributed by atoms with van der Waals surface area (Å²) in [6.45, 7) is 2.97. The Kier molecular flexibility index (Phi) is 6.63. The zero-order chi connectivity index (χ0) is 27.1. The summed E-state index contributed by atoms with van der Waals surface area (Å²) in [6, 6.07) is 10.5. The van der Waals surface area contributed by atoms with Gasteiger partial charge in [-0.1, -0.05) is 6.07 Å². The lowest BCUT2D eigenvalue weighted by Gasteiger charge is -2.27. The van der Waals surface area contributed by atoms with Crippen LogP contribution >= 0.6 is 0 Å². The van der Waals surface area contributed by atoms with Gasteiger partial charge in [0.1, 0.15) is 17.3 Å². The molecule has 0 bridgehead atoms. The van der Waals surface area contributed by atoms with E-state index in [2.05, 4.69) is 20.5 Å². The molecule has 39 heavy (non-hydrogen) atoms. The molecular formula is C28H30FN7O3. The number of pyridine rings is 2. The summed E-state index contributed by atoms with van der Waals surface area (Å²) in [5, 5.41) is 16.5. The number of aliphatic hydroxyl groups is 1. The lowest BCUT2D eigenvalue weighted by Crippen LogP contribution is -2.34. The number of aliphatic hydroxyl groups excluding tert-OH is 1. The van der Waals surface area contributed by atoms with Crippen molar-refractivity contribution >= 4 is 28.7 Å². The van der Waals surface area contributed by atoms with Crippen molar-refractivity contribution < 1.29 is 19.0 Å². The van der Waals surface area contributed by atoms with Gasteiger partial charge in [0.05, 0.1) is 53.8 Å². The number of benzene rings is 1. The number of aromatic nitrogens is 3. The fourth-order valence-electron chi connectivity index (χ4n) is 5.26. The topological polar surface area (TPSA) is 107 Å². The first kappa shape index (κ1) is 25.2. The third kappa shape index (κ3) is 4.91. The molecule has 0 spiro atoms. The number of hydrogen-bond acceptors (Lipinski definition) is 8. The average molecular weight is 532 g/mol. The number of carbonyl (C=O) groups excluding carboxylic acids is 1. The average Bonchev–Trinajstić information content (AvgIpc) is 3.42. The normalized spacial score (nSPS) is 17.4. The second-order valence-electron chi connectivity index (χ2n) is 10.1. The van der Waals surface area contributed by atoms with E-state index < -0.39 is 6.10 Å². The zero-order valence-electron chi connectivity index (χ0n) is 21.8. The van der Waals surface area contributed by atoms with Crippen LogP contribution < -0.4 is 15.5 Å². The number of nitrogens with one attached hydrogen (secondary N) is 2. The van der Waals surface area contributed by atoms with Crippen LogP contribution in [0.3, 0.4) is 0 Å². The summed E-state index contributed by atoms with van der Waals surface area (Å²) in [6.07, 6.45) is 2.77. The van der Waals surface area contributed by atoms with Crippen LogP contribution in [0.25, 0.3) is 16.9 Å². The second kappa shape index (κ2) is 10.3. The van der Waals surface area contributed by atoms with Crippen LogP contribution in [0.5, 0.6) is 0 Å². The summed E-state index contributed by atoms with van der Waals surface area (Å²) in [5.74, 6) is 0.0915. The lowest BCUT2D eigenvalue weighted by molar-refractivity contribution is 0.0597. The van der Waals surface area contributed by atoms with Crippen molar-refractivity contribution in [2.75, 3.05) is 50.6 Å². The summed E-state index contributed by atoms with van der Waals surface area (Å²) in [4.78, 5) is 26.4. The van der Waals surface area contributed by atoms with Crippen LogP contribution in [0.15, 0.2) is 48.8 Å². The number of nitrogens with zero attached hydrogens (tertiary/aromatic N) is 5. The van der Waals surface area contributed by atoms with Crippen molar-refractivity contribution in [1.29, 1.82) is 0 Å². The van der Waals surface area contributed by atoms with Crippen LogP contribution in [0.2, 0.25) is 0 Å². The van der Waals surface area contributed by atoms with Gasteiger partial charge in [0.2, 0.25) is 0 Å². The first-order valence-electron chi connectivity index (χ1n) is 12.9. The maximum atomic E-state index is 13.7. The summed E-state index contributed by atoms with van der Waals surface area (Å²) < 4.78 is 21.0. The Morgan fingerprint density at radius 3 is 2.97 bits per heavy atom. The molecule has 1 saturated heterocycles. The standard InChI is InChI=1S/C28H30FN7O3/c1-34(2)15-22-23(35-9-10-39-16-18(37)14-35)5-6-25(33-22)32-21-4-3-19(20-12-31-28(38)27(20)21)24-13-30-26-11-17(29)7-8-36(24)26/h3-8,11,13,18,37H,9-10,12,14-16H2,1-2H3,(H,31,38)(H,32,33)/t18-/m1/s1. The molecule has 4 aromatic rings.